The topological polar surface area (TPSA) is 94.5 Å². The Bertz CT molecular complexity index is 1490. The number of para-hydroxylation sites is 1. The van der Waals surface area contributed by atoms with E-state index in [2.05, 4.69) is 20.4 Å². The van der Waals surface area contributed by atoms with Gasteiger partial charge in [0.1, 0.15) is 16.9 Å². The molecule has 0 aliphatic rings. The Hall–Kier alpha value is -3.59. The van der Waals surface area contributed by atoms with Gasteiger partial charge in [-0.15, -0.1) is 5.10 Å². The lowest BCUT2D eigenvalue weighted by atomic mass is 10.1. The number of nitrogens with zero attached hydrogens (tertiary/aromatic N) is 4. The Kier molecular flexibility index (Phi) is 4.97. The molecule has 8 nitrogen and oxygen atoms in total. The number of amides is 1. The van der Waals surface area contributed by atoms with E-state index in [4.69, 9.17) is 9.15 Å². The van der Waals surface area contributed by atoms with Crippen LogP contribution in [0.1, 0.15) is 18.3 Å². The van der Waals surface area contributed by atoms with Gasteiger partial charge in [0.2, 0.25) is 11.1 Å². The van der Waals surface area contributed by atoms with E-state index in [1.807, 2.05) is 57.2 Å². The average Bonchev–Trinajstić information content (AvgIpc) is 3.33. The highest BCUT2D eigenvalue weighted by atomic mass is 32.2. The molecule has 3 aromatic heterocycles. The minimum atomic E-state index is -0.440. The smallest absolute Gasteiger partial charge is 0.253 e. The van der Waals surface area contributed by atoms with Crippen molar-refractivity contribution in [2.24, 2.45) is 0 Å². The van der Waals surface area contributed by atoms with Crippen LogP contribution in [0, 0.1) is 13.8 Å². The first kappa shape index (κ1) is 20.3. The van der Waals surface area contributed by atoms with Crippen LogP contribution in [0.4, 0.5) is 5.69 Å². The largest absolute Gasteiger partial charge is 0.495 e. The number of aryl methyl sites for hydroxylation is 2. The SMILES string of the molecule is COc1cc2c(cc1NC(=O)[C@H](C)Sc1nc3nc(C)cc(C)n3n1)oc1ccccc12. The van der Waals surface area contributed by atoms with E-state index < -0.39 is 5.25 Å². The third-order valence-electron chi connectivity index (χ3n) is 5.21. The van der Waals surface area contributed by atoms with Gasteiger partial charge in [0.05, 0.1) is 18.0 Å². The number of ether oxygens (including phenoxy) is 1. The molecule has 0 aliphatic carbocycles. The van der Waals surface area contributed by atoms with Crippen LogP contribution in [-0.4, -0.2) is 37.8 Å². The molecule has 0 unspecified atom stereocenters. The number of carbonyl (C=O) groups excluding carboxylic acids is 1. The summed E-state index contributed by atoms with van der Waals surface area (Å²) in [5.74, 6) is 0.897. The molecule has 2 aromatic carbocycles. The van der Waals surface area contributed by atoms with Crippen LogP contribution >= 0.6 is 11.8 Å². The van der Waals surface area contributed by atoms with E-state index in [1.54, 1.807) is 17.7 Å². The molecule has 0 saturated heterocycles. The van der Waals surface area contributed by atoms with Gasteiger partial charge in [0, 0.05) is 28.2 Å². The van der Waals surface area contributed by atoms with Crippen molar-refractivity contribution in [3.63, 3.8) is 0 Å². The van der Waals surface area contributed by atoms with Crippen molar-refractivity contribution < 1.29 is 13.9 Å². The molecule has 0 saturated carbocycles. The van der Waals surface area contributed by atoms with Gasteiger partial charge in [-0.25, -0.2) is 9.50 Å². The maximum absolute atomic E-state index is 12.9. The van der Waals surface area contributed by atoms with Gasteiger partial charge in [-0.3, -0.25) is 4.79 Å². The number of nitrogens with one attached hydrogen (secondary N) is 1. The molecule has 1 amide bonds. The number of hydrogen-bond donors (Lipinski definition) is 1. The Labute approximate surface area is 188 Å². The molecule has 0 spiro atoms. The average molecular weight is 448 g/mol. The first-order valence-corrected chi connectivity index (χ1v) is 11.0. The second-order valence-electron chi connectivity index (χ2n) is 7.54. The summed E-state index contributed by atoms with van der Waals surface area (Å²) in [5.41, 5.74) is 3.83. The van der Waals surface area contributed by atoms with Crippen LogP contribution in [0.3, 0.4) is 0 Å². The minimum absolute atomic E-state index is 0.191. The van der Waals surface area contributed by atoms with Crippen LogP contribution in [-0.2, 0) is 4.79 Å². The predicted molar refractivity (Wildman–Crippen MR) is 124 cm³/mol. The lowest BCUT2D eigenvalue weighted by Crippen LogP contribution is -2.22. The molecular formula is C23H21N5O3S. The Morgan fingerprint density at radius 1 is 1.12 bits per heavy atom. The monoisotopic (exact) mass is 447 g/mol. The summed E-state index contributed by atoms with van der Waals surface area (Å²) in [7, 11) is 1.58. The van der Waals surface area contributed by atoms with E-state index >= 15 is 0 Å². The Balaban J connectivity index is 1.40. The molecule has 5 rings (SSSR count). The molecule has 1 atom stereocenters. The van der Waals surface area contributed by atoms with E-state index in [9.17, 15) is 4.79 Å². The zero-order chi connectivity index (χ0) is 22.4. The molecular weight excluding hydrogens is 426 g/mol. The van der Waals surface area contributed by atoms with Crippen molar-refractivity contribution in [2.45, 2.75) is 31.2 Å². The molecule has 0 aliphatic heterocycles. The molecule has 32 heavy (non-hydrogen) atoms. The summed E-state index contributed by atoms with van der Waals surface area (Å²) in [6, 6.07) is 13.4. The second kappa shape index (κ2) is 7.83. The van der Waals surface area contributed by atoms with E-state index in [-0.39, 0.29) is 5.91 Å². The van der Waals surface area contributed by atoms with Crippen molar-refractivity contribution in [3.8, 4) is 5.75 Å². The number of thioether (sulfide) groups is 1. The molecule has 9 heteroatoms. The number of carbonyl (C=O) groups is 1. The molecule has 1 N–H and O–H groups in total. The molecule has 3 heterocycles. The highest BCUT2D eigenvalue weighted by Crippen LogP contribution is 2.36. The highest BCUT2D eigenvalue weighted by Gasteiger charge is 2.21. The summed E-state index contributed by atoms with van der Waals surface area (Å²) in [4.78, 5) is 21.8. The van der Waals surface area contributed by atoms with E-state index in [1.165, 1.54) is 11.8 Å². The van der Waals surface area contributed by atoms with Crippen molar-refractivity contribution in [1.29, 1.82) is 0 Å². The summed E-state index contributed by atoms with van der Waals surface area (Å²) >= 11 is 1.27. The number of methoxy groups -OCH3 is 1. The fourth-order valence-electron chi connectivity index (χ4n) is 3.66. The third-order valence-corrected chi connectivity index (χ3v) is 6.16. The first-order valence-electron chi connectivity index (χ1n) is 10.1. The number of rotatable bonds is 5. The number of benzene rings is 2. The summed E-state index contributed by atoms with van der Waals surface area (Å²) in [6.45, 7) is 5.67. The van der Waals surface area contributed by atoms with Crippen LogP contribution in [0.25, 0.3) is 27.7 Å². The summed E-state index contributed by atoms with van der Waals surface area (Å²) in [6.07, 6.45) is 0. The number of aromatic nitrogens is 4. The van der Waals surface area contributed by atoms with Gasteiger partial charge in [0.25, 0.3) is 5.78 Å². The van der Waals surface area contributed by atoms with E-state index in [0.29, 0.717) is 28.0 Å². The van der Waals surface area contributed by atoms with Crippen molar-refractivity contribution in [2.75, 3.05) is 12.4 Å². The standard InChI is InChI=1S/C23H21N5O3S/c1-12-9-13(2)28-22(24-12)26-23(27-28)32-14(3)21(29)25-17-11-19-16(10-20(17)30-4)15-7-5-6-8-18(15)31-19/h5-11,14H,1-4H3,(H,25,29)/t14-/m0/s1. The van der Waals surface area contributed by atoms with Crippen LogP contribution < -0.4 is 10.1 Å². The fourth-order valence-corrected chi connectivity index (χ4v) is 4.41. The van der Waals surface area contributed by atoms with E-state index in [0.717, 1.165) is 27.7 Å². The number of hydrogen-bond acceptors (Lipinski definition) is 7. The summed E-state index contributed by atoms with van der Waals surface area (Å²) < 4.78 is 13.2. The zero-order valence-corrected chi connectivity index (χ0v) is 18.9. The van der Waals surface area contributed by atoms with Gasteiger partial charge in [-0.05, 0) is 39.0 Å². The number of furan rings is 1. The Morgan fingerprint density at radius 2 is 1.94 bits per heavy atom. The van der Waals surface area contributed by atoms with Crippen molar-refractivity contribution in [3.05, 3.63) is 53.9 Å². The van der Waals surface area contributed by atoms with Gasteiger partial charge in [0.15, 0.2) is 0 Å². The van der Waals surface area contributed by atoms with Gasteiger partial charge in [-0.1, -0.05) is 30.0 Å². The molecule has 0 bridgehead atoms. The predicted octanol–water partition coefficient (Wildman–Crippen LogP) is 4.77. The molecule has 0 fully saturated rings. The molecule has 0 radical (unpaired) electrons. The van der Waals surface area contributed by atoms with Crippen LogP contribution in [0.15, 0.2) is 52.0 Å². The zero-order valence-electron chi connectivity index (χ0n) is 18.0. The van der Waals surface area contributed by atoms with Crippen molar-refractivity contribution in [1.82, 2.24) is 19.6 Å². The fraction of sp³-hybridized carbons (Fsp3) is 0.217. The second-order valence-corrected chi connectivity index (χ2v) is 8.85. The number of anilines is 1. The third kappa shape index (κ3) is 3.54. The quantitative estimate of drug-likeness (QED) is 0.388. The maximum Gasteiger partial charge on any atom is 0.253 e. The lowest BCUT2D eigenvalue weighted by molar-refractivity contribution is -0.115. The van der Waals surface area contributed by atoms with Crippen molar-refractivity contribution >= 4 is 51.1 Å². The maximum atomic E-state index is 12.9. The van der Waals surface area contributed by atoms with Gasteiger partial charge >= 0.3 is 0 Å². The lowest BCUT2D eigenvalue weighted by Gasteiger charge is -2.13. The molecule has 162 valence electrons. The number of fused-ring (bicyclic) bond motifs is 4. The van der Waals surface area contributed by atoms with Gasteiger partial charge < -0.3 is 14.5 Å². The summed E-state index contributed by atoms with van der Waals surface area (Å²) in [5, 5.41) is 9.41. The minimum Gasteiger partial charge on any atom is -0.495 e. The Morgan fingerprint density at radius 3 is 2.75 bits per heavy atom. The van der Waals surface area contributed by atoms with Crippen LogP contribution in [0.2, 0.25) is 0 Å². The van der Waals surface area contributed by atoms with Crippen LogP contribution in [0.5, 0.6) is 5.75 Å². The molecule has 5 aromatic rings. The highest BCUT2D eigenvalue weighted by molar-refractivity contribution is 8.00. The van der Waals surface area contributed by atoms with Gasteiger partial charge in [-0.2, -0.15) is 4.98 Å². The first-order chi connectivity index (χ1) is 15.4. The normalized spacial score (nSPS) is 12.5.